The number of hydrogen-bond donors (Lipinski definition) is 1. The monoisotopic (exact) mass is 243 g/mol. The molecule has 0 aromatic heterocycles. The van der Waals surface area contributed by atoms with E-state index in [9.17, 15) is 8.78 Å². The van der Waals surface area contributed by atoms with Gasteiger partial charge in [-0.25, -0.2) is 8.78 Å². The van der Waals surface area contributed by atoms with E-state index >= 15 is 0 Å². The Kier molecular flexibility index (Phi) is 4.42. The average Bonchev–Trinajstić information content (AvgIpc) is 2.33. The summed E-state index contributed by atoms with van der Waals surface area (Å²) < 4.78 is 36.3. The van der Waals surface area contributed by atoms with E-state index in [0.29, 0.717) is 32.1 Å². The number of benzene rings is 1. The second-order valence-electron chi connectivity index (χ2n) is 3.97. The van der Waals surface area contributed by atoms with Crippen LogP contribution in [-0.2, 0) is 16.0 Å². The zero-order chi connectivity index (χ0) is 12.1. The van der Waals surface area contributed by atoms with Crippen LogP contribution < -0.4 is 5.32 Å². The lowest BCUT2D eigenvalue weighted by molar-refractivity contribution is -0.137. The predicted octanol–water partition coefficient (Wildman–Crippen LogP) is 1.82. The van der Waals surface area contributed by atoms with Gasteiger partial charge in [0.05, 0.1) is 12.7 Å². The Morgan fingerprint density at radius 3 is 2.94 bits per heavy atom. The summed E-state index contributed by atoms with van der Waals surface area (Å²) in [4.78, 5) is 0. The molecule has 1 unspecified atom stereocenters. The third-order valence-corrected chi connectivity index (χ3v) is 2.67. The lowest BCUT2D eigenvalue weighted by Crippen LogP contribution is -2.33. The molecule has 17 heavy (non-hydrogen) atoms. The Morgan fingerprint density at radius 2 is 2.24 bits per heavy atom. The van der Waals surface area contributed by atoms with Gasteiger partial charge in [-0.15, -0.1) is 0 Å². The highest BCUT2D eigenvalue weighted by molar-refractivity contribution is 5.18. The van der Waals surface area contributed by atoms with E-state index in [2.05, 4.69) is 5.32 Å². The zero-order valence-corrected chi connectivity index (χ0v) is 9.42. The minimum absolute atomic E-state index is 0.104. The minimum Gasteiger partial charge on any atom is -0.355 e. The first-order chi connectivity index (χ1) is 8.25. The fourth-order valence-electron chi connectivity index (χ4n) is 1.70. The second-order valence-corrected chi connectivity index (χ2v) is 3.97. The SMILES string of the molecule is Fc1ccc(CNCC2CCOCO2)c(F)c1. The molecule has 5 heteroatoms. The van der Waals surface area contributed by atoms with Gasteiger partial charge < -0.3 is 14.8 Å². The van der Waals surface area contributed by atoms with E-state index in [-0.39, 0.29) is 6.10 Å². The fraction of sp³-hybridized carbons (Fsp3) is 0.500. The van der Waals surface area contributed by atoms with Crippen molar-refractivity contribution in [2.45, 2.75) is 19.1 Å². The largest absolute Gasteiger partial charge is 0.355 e. The lowest BCUT2D eigenvalue weighted by Gasteiger charge is -2.23. The molecule has 1 aliphatic rings. The molecule has 1 aromatic rings. The quantitative estimate of drug-likeness (QED) is 0.875. The molecule has 1 fully saturated rings. The molecule has 0 radical (unpaired) electrons. The van der Waals surface area contributed by atoms with Crippen molar-refractivity contribution >= 4 is 0 Å². The van der Waals surface area contributed by atoms with Gasteiger partial charge in [0, 0.05) is 24.7 Å². The molecule has 0 bridgehead atoms. The van der Waals surface area contributed by atoms with Gasteiger partial charge in [-0.1, -0.05) is 6.07 Å². The minimum atomic E-state index is -0.556. The lowest BCUT2D eigenvalue weighted by atomic mass is 10.2. The van der Waals surface area contributed by atoms with Crippen LogP contribution >= 0.6 is 0 Å². The van der Waals surface area contributed by atoms with Gasteiger partial charge in [0.15, 0.2) is 0 Å². The highest BCUT2D eigenvalue weighted by Gasteiger charge is 2.13. The van der Waals surface area contributed by atoms with Crippen LogP contribution in [0.5, 0.6) is 0 Å². The highest BCUT2D eigenvalue weighted by atomic mass is 19.1. The smallest absolute Gasteiger partial charge is 0.147 e. The second kappa shape index (κ2) is 6.05. The van der Waals surface area contributed by atoms with Crippen LogP contribution in [-0.4, -0.2) is 26.0 Å². The molecule has 94 valence electrons. The van der Waals surface area contributed by atoms with Crippen LogP contribution in [0.25, 0.3) is 0 Å². The van der Waals surface area contributed by atoms with Crippen molar-refractivity contribution in [3.8, 4) is 0 Å². The van der Waals surface area contributed by atoms with Crippen molar-refractivity contribution in [1.29, 1.82) is 0 Å². The molecule has 1 saturated heterocycles. The molecule has 3 nitrogen and oxygen atoms in total. The van der Waals surface area contributed by atoms with Gasteiger partial charge in [0.25, 0.3) is 0 Å². The fourth-order valence-corrected chi connectivity index (χ4v) is 1.70. The summed E-state index contributed by atoms with van der Waals surface area (Å²) in [6.45, 7) is 2.02. The molecule has 0 saturated carbocycles. The van der Waals surface area contributed by atoms with Crippen molar-refractivity contribution in [2.24, 2.45) is 0 Å². The van der Waals surface area contributed by atoms with E-state index in [0.717, 1.165) is 12.5 Å². The van der Waals surface area contributed by atoms with Crippen LogP contribution in [0.3, 0.4) is 0 Å². The number of ether oxygens (including phenoxy) is 2. The zero-order valence-electron chi connectivity index (χ0n) is 9.42. The number of nitrogens with one attached hydrogen (secondary N) is 1. The number of rotatable bonds is 4. The summed E-state index contributed by atoms with van der Waals surface area (Å²) in [7, 11) is 0. The third-order valence-electron chi connectivity index (χ3n) is 2.67. The van der Waals surface area contributed by atoms with Crippen molar-refractivity contribution in [3.05, 3.63) is 35.4 Å². The molecular weight excluding hydrogens is 228 g/mol. The Labute approximate surface area is 98.7 Å². The molecule has 0 spiro atoms. The maximum atomic E-state index is 13.3. The van der Waals surface area contributed by atoms with Crippen LogP contribution in [0.15, 0.2) is 18.2 Å². The van der Waals surface area contributed by atoms with Gasteiger partial charge in [0.2, 0.25) is 0 Å². The third kappa shape index (κ3) is 3.73. The summed E-state index contributed by atoms with van der Waals surface area (Å²) in [5.41, 5.74) is 0.457. The van der Waals surface area contributed by atoms with Crippen LogP contribution in [0.4, 0.5) is 8.78 Å². The average molecular weight is 243 g/mol. The molecule has 2 rings (SSSR count). The van der Waals surface area contributed by atoms with Crippen molar-refractivity contribution in [1.82, 2.24) is 5.32 Å². The maximum Gasteiger partial charge on any atom is 0.147 e. The summed E-state index contributed by atoms with van der Waals surface area (Å²) >= 11 is 0. The first-order valence-corrected chi connectivity index (χ1v) is 5.59. The number of hydrogen-bond acceptors (Lipinski definition) is 3. The molecular formula is C12H15F2NO2. The molecule has 1 aromatic carbocycles. The first kappa shape index (κ1) is 12.4. The summed E-state index contributed by atoms with van der Waals surface area (Å²) in [6.07, 6.45) is 0.936. The van der Waals surface area contributed by atoms with E-state index in [1.807, 2.05) is 0 Å². The van der Waals surface area contributed by atoms with Crippen LogP contribution in [0, 0.1) is 11.6 Å². The van der Waals surface area contributed by atoms with E-state index in [1.54, 1.807) is 0 Å². The first-order valence-electron chi connectivity index (χ1n) is 5.59. The molecule has 0 aliphatic carbocycles. The Balaban J connectivity index is 1.77. The summed E-state index contributed by atoms with van der Waals surface area (Å²) in [6, 6.07) is 3.59. The van der Waals surface area contributed by atoms with Crippen molar-refractivity contribution in [2.75, 3.05) is 19.9 Å². The van der Waals surface area contributed by atoms with Gasteiger partial charge in [-0.05, 0) is 12.5 Å². The molecule has 1 aliphatic heterocycles. The Hall–Kier alpha value is -1.04. The van der Waals surface area contributed by atoms with Crippen molar-refractivity contribution < 1.29 is 18.3 Å². The van der Waals surface area contributed by atoms with Gasteiger partial charge in [0.1, 0.15) is 18.4 Å². The van der Waals surface area contributed by atoms with Gasteiger partial charge in [-0.3, -0.25) is 0 Å². The van der Waals surface area contributed by atoms with Crippen LogP contribution in [0.2, 0.25) is 0 Å². The van der Waals surface area contributed by atoms with E-state index in [1.165, 1.54) is 12.1 Å². The standard InChI is InChI=1S/C12H15F2NO2/c13-10-2-1-9(12(14)5-10)6-15-7-11-3-4-16-8-17-11/h1-2,5,11,15H,3-4,6-8H2. The predicted molar refractivity (Wildman–Crippen MR) is 58.4 cm³/mol. The van der Waals surface area contributed by atoms with E-state index < -0.39 is 11.6 Å². The van der Waals surface area contributed by atoms with Crippen LogP contribution in [0.1, 0.15) is 12.0 Å². The molecule has 1 atom stereocenters. The summed E-state index contributed by atoms with van der Waals surface area (Å²) in [5, 5.41) is 3.09. The number of halogens is 2. The topological polar surface area (TPSA) is 30.5 Å². The Bertz CT molecular complexity index is 368. The maximum absolute atomic E-state index is 13.3. The van der Waals surface area contributed by atoms with Gasteiger partial charge >= 0.3 is 0 Å². The van der Waals surface area contributed by atoms with Crippen molar-refractivity contribution in [3.63, 3.8) is 0 Å². The molecule has 0 amide bonds. The molecule has 1 heterocycles. The highest BCUT2D eigenvalue weighted by Crippen LogP contribution is 2.10. The normalized spacial score (nSPS) is 20.5. The summed E-state index contributed by atoms with van der Waals surface area (Å²) in [5.74, 6) is -1.08. The van der Waals surface area contributed by atoms with E-state index in [4.69, 9.17) is 9.47 Å². The Morgan fingerprint density at radius 1 is 1.35 bits per heavy atom. The molecule has 1 N–H and O–H groups in total. The van der Waals surface area contributed by atoms with Gasteiger partial charge in [-0.2, -0.15) is 0 Å².